The van der Waals surface area contributed by atoms with E-state index in [1.54, 1.807) is 0 Å². The Morgan fingerprint density at radius 3 is 2.48 bits per heavy atom. The number of benzene rings is 2. The first-order valence-corrected chi connectivity index (χ1v) is 12.2. The molecule has 33 heavy (non-hydrogen) atoms. The van der Waals surface area contributed by atoms with Crippen molar-refractivity contribution in [2.75, 3.05) is 39.3 Å². The number of pyridine rings is 1. The fourth-order valence-corrected chi connectivity index (χ4v) is 4.88. The molecule has 4 nitrogen and oxygen atoms in total. The molecule has 0 amide bonds. The summed E-state index contributed by atoms with van der Waals surface area (Å²) in [5, 5.41) is 1.17. The van der Waals surface area contributed by atoms with E-state index in [4.69, 9.17) is 4.42 Å². The first kappa shape index (κ1) is 21.9. The molecule has 0 saturated carbocycles. The van der Waals surface area contributed by atoms with Gasteiger partial charge in [0.1, 0.15) is 11.3 Å². The van der Waals surface area contributed by atoms with Crippen molar-refractivity contribution in [2.24, 2.45) is 0 Å². The van der Waals surface area contributed by atoms with Crippen LogP contribution in [0.4, 0.5) is 0 Å². The molecular formula is C29H33N3O. The summed E-state index contributed by atoms with van der Waals surface area (Å²) in [5.41, 5.74) is 4.74. The van der Waals surface area contributed by atoms with Gasteiger partial charge in [0.15, 0.2) is 0 Å². The summed E-state index contributed by atoms with van der Waals surface area (Å²) >= 11 is 0. The maximum absolute atomic E-state index is 6.11. The predicted molar refractivity (Wildman–Crippen MR) is 136 cm³/mol. The maximum atomic E-state index is 6.11. The third-order valence-electron chi connectivity index (χ3n) is 6.83. The Kier molecular flexibility index (Phi) is 6.84. The molecule has 2 aromatic carbocycles. The van der Waals surface area contributed by atoms with Crippen molar-refractivity contribution in [2.45, 2.75) is 25.7 Å². The van der Waals surface area contributed by atoms with Crippen molar-refractivity contribution in [3.05, 3.63) is 90.4 Å². The molecule has 0 N–H and O–H groups in total. The molecule has 1 atom stereocenters. The zero-order valence-corrected chi connectivity index (χ0v) is 19.5. The number of aryl methyl sites for hydroxylation is 1. The lowest BCUT2D eigenvalue weighted by Gasteiger charge is -2.36. The lowest BCUT2D eigenvalue weighted by Crippen LogP contribution is -2.47. The van der Waals surface area contributed by atoms with Crippen LogP contribution in [0.5, 0.6) is 0 Å². The molecule has 1 unspecified atom stereocenters. The van der Waals surface area contributed by atoms with Crippen LogP contribution in [0, 0.1) is 0 Å². The second kappa shape index (κ2) is 10.3. The molecule has 0 aliphatic carbocycles. The summed E-state index contributed by atoms with van der Waals surface area (Å²) < 4.78 is 6.11. The average Bonchev–Trinajstić information content (AvgIpc) is 3.28. The van der Waals surface area contributed by atoms with Gasteiger partial charge in [0.05, 0.1) is 0 Å². The molecule has 1 aliphatic rings. The number of fused-ring (bicyclic) bond motifs is 1. The Balaban J connectivity index is 1.08. The topological polar surface area (TPSA) is 32.5 Å². The Hall–Kier alpha value is -2.95. The molecule has 1 fully saturated rings. The minimum absolute atomic E-state index is 0.588. The molecule has 4 heteroatoms. The van der Waals surface area contributed by atoms with E-state index < -0.39 is 0 Å². The van der Waals surface area contributed by atoms with Crippen LogP contribution in [-0.2, 0) is 6.42 Å². The average molecular weight is 440 g/mol. The second-order valence-electron chi connectivity index (χ2n) is 9.26. The summed E-state index contributed by atoms with van der Waals surface area (Å²) in [6, 6.07) is 23.6. The summed E-state index contributed by atoms with van der Waals surface area (Å²) in [7, 11) is 0. The van der Waals surface area contributed by atoms with Crippen molar-refractivity contribution in [3.8, 4) is 11.1 Å². The summed E-state index contributed by atoms with van der Waals surface area (Å²) in [5.74, 6) is 1.67. The van der Waals surface area contributed by atoms with E-state index >= 15 is 0 Å². The van der Waals surface area contributed by atoms with Crippen molar-refractivity contribution in [1.82, 2.24) is 14.8 Å². The van der Waals surface area contributed by atoms with E-state index in [2.05, 4.69) is 82.4 Å². The fourth-order valence-electron chi connectivity index (χ4n) is 4.88. The first-order chi connectivity index (χ1) is 16.2. The van der Waals surface area contributed by atoms with Gasteiger partial charge in [0, 0.05) is 62.5 Å². The first-order valence-electron chi connectivity index (χ1n) is 12.2. The molecule has 3 heterocycles. The zero-order valence-electron chi connectivity index (χ0n) is 19.5. The van der Waals surface area contributed by atoms with E-state index in [1.807, 2.05) is 18.5 Å². The second-order valence-corrected chi connectivity index (χ2v) is 9.26. The quantitative estimate of drug-likeness (QED) is 0.345. The molecule has 0 spiro atoms. The van der Waals surface area contributed by atoms with E-state index in [9.17, 15) is 0 Å². The van der Waals surface area contributed by atoms with Crippen molar-refractivity contribution < 1.29 is 4.42 Å². The SMILES string of the molecule is CC(CN1CCN(CCCc2cc3cc(-c4cccnc4)ccc3o2)CC1)c1ccccc1. The van der Waals surface area contributed by atoms with E-state index in [0.29, 0.717) is 5.92 Å². The normalized spacial score (nSPS) is 16.3. The Labute approximate surface area is 196 Å². The van der Waals surface area contributed by atoms with Crippen LogP contribution in [0.15, 0.2) is 83.5 Å². The van der Waals surface area contributed by atoms with E-state index in [-0.39, 0.29) is 0 Å². The number of nitrogens with zero attached hydrogens (tertiary/aromatic N) is 3. The van der Waals surface area contributed by atoms with Crippen molar-refractivity contribution in [3.63, 3.8) is 0 Å². The van der Waals surface area contributed by atoms with Gasteiger partial charge in [0.25, 0.3) is 0 Å². The molecule has 4 aromatic rings. The third-order valence-corrected chi connectivity index (χ3v) is 6.83. The molecule has 170 valence electrons. The lowest BCUT2D eigenvalue weighted by atomic mass is 10.0. The van der Waals surface area contributed by atoms with Crippen LogP contribution in [0.3, 0.4) is 0 Å². The Morgan fingerprint density at radius 1 is 0.879 bits per heavy atom. The highest BCUT2D eigenvalue weighted by Crippen LogP contribution is 2.27. The van der Waals surface area contributed by atoms with E-state index in [1.165, 1.54) is 29.6 Å². The van der Waals surface area contributed by atoms with Gasteiger partial charge in [-0.2, -0.15) is 0 Å². The Bertz CT molecular complexity index is 1150. The van der Waals surface area contributed by atoms with E-state index in [0.717, 1.165) is 55.9 Å². The van der Waals surface area contributed by atoms with Gasteiger partial charge in [-0.05, 0) is 54.3 Å². The number of rotatable bonds is 8. The Morgan fingerprint density at radius 2 is 1.70 bits per heavy atom. The smallest absolute Gasteiger partial charge is 0.134 e. The highest BCUT2D eigenvalue weighted by atomic mass is 16.3. The minimum atomic E-state index is 0.588. The van der Waals surface area contributed by atoms with Crippen LogP contribution in [0.2, 0.25) is 0 Å². The number of aromatic nitrogens is 1. The van der Waals surface area contributed by atoms with Crippen molar-refractivity contribution in [1.29, 1.82) is 0 Å². The summed E-state index contributed by atoms with van der Waals surface area (Å²) in [6.45, 7) is 9.29. The largest absolute Gasteiger partial charge is 0.461 e. The minimum Gasteiger partial charge on any atom is -0.461 e. The highest BCUT2D eigenvalue weighted by molar-refractivity contribution is 5.83. The highest BCUT2D eigenvalue weighted by Gasteiger charge is 2.19. The van der Waals surface area contributed by atoms with Gasteiger partial charge in [-0.25, -0.2) is 0 Å². The summed E-state index contributed by atoms with van der Waals surface area (Å²) in [4.78, 5) is 9.45. The van der Waals surface area contributed by atoms with Gasteiger partial charge in [-0.1, -0.05) is 49.4 Å². The van der Waals surface area contributed by atoms with Crippen LogP contribution >= 0.6 is 0 Å². The molecule has 2 aromatic heterocycles. The van der Waals surface area contributed by atoms with Gasteiger partial charge >= 0.3 is 0 Å². The third kappa shape index (κ3) is 5.52. The van der Waals surface area contributed by atoms with Crippen LogP contribution < -0.4 is 0 Å². The van der Waals surface area contributed by atoms with Gasteiger partial charge in [0.2, 0.25) is 0 Å². The predicted octanol–water partition coefficient (Wildman–Crippen LogP) is 5.85. The van der Waals surface area contributed by atoms with Crippen molar-refractivity contribution >= 4 is 11.0 Å². The molecule has 0 radical (unpaired) electrons. The molecule has 1 aliphatic heterocycles. The number of hydrogen-bond acceptors (Lipinski definition) is 4. The monoisotopic (exact) mass is 439 g/mol. The van der Waals surface area contributed by atoms with Crippen LogP contribution in [-0.4, -0.2) is 54.1 Å². The van der Waals surface area contributed by atoms with Gasteiger partial charge in [-0.3, -0.25) is 4.98 Å². The molecule has 5 rings (SSSR count). The standard InChI is InChI=1S/C29H33N3O/c1-23(24-7-3-2-4-8-24)22-32-17-15-31(16-18-32)14-6-10-28-20-27-19-25(11-12-29(27)33-28)26-9-5-13-30-21-26/h2-5,7-9,11-13,19-21,23H,6,10,14-18,22H2,1H3. The molecule has 0 bridgehead atoms. The molecular weight excluding hydrogens is 406 g/mol. The van der Waals surface area contributed by atoms with Crippen LogP contribution in [0.25, 0.3) is 22.1 Å². The maximum Gasteiger partial charge on any atom is 0.134 e. The van der Waals surface area contributed by atoms with Gasteiger partial charge in [-0.15, -0.1) is 0 Å². The lowest BCUT2D eigenvalue weighted by molar-refractivity contribution is 0.127. The molecule has 1 saturated heterocycles. The number of furan rings is 1. The van der Waals surface area contributed by atoms with Gasteiger partial charge < -0.3 is 14.2 Å². The number of hydrogen-bond donors (Lipinski definition) is 0. The fraction of sp³-hybridized carbons (Fsp3) is 0.345. The summed E-state index contributed by atoms with van der Waals surface area (Å²) in [6.07, 6.45) is 5.84. The van der Waals surface area contributed by atoms with Crippen LogP contribution in [0.1, 0.15) is 30.6 Å². The number of piperazine rings is 1. The zero-order chi connectivity index (χ0) is 22.5.